The first-order valence-corrected chi connectivity index (χ1v) is 12.6. The first-order chi connectivity index (χ1) is 16.6. The standard InChI is InChI=1S/C26H35BrClNO6/c1-26(2,3)35-24(31)11-10-22(29-23(16-30)18-8-6-5-7-9-18)20-14-19(27)15-21(28)25(20)34-17-33-13-12-32-4/h5-9,14-15,22-23,29-30H,10-13,16-17H2,1-4H3/t22-,23?/m0/s1. The average molecular weight is 573 g/mol. The van der Waals surface area contributed by atoms with Crippen LogP contribution in [0.4, 0.5) is 0 Å². The van der Waals surface area contributed by atoms with Crippen molar-refractivity contribution in [2.45, 2.75) is 51.3 Å². The maximum absolute atomic E-state index is 12.5. The summed E-state index contributed by atoms with van der Waals surface area (Å²) in [6, 6.07) is 12.5. The molecule has 2 N–H and O–H groups in total. The van der Waals surface area contributed by atoms with Crippen molar-refractivity contribution in [3.05, 3.63) is 63.1 Å². The Morgan fingerprint density at radius 3 is 2.49 bits per heavy atom. The monoisotopic (exact) mass is 571 g/mol. The Morgan fingerprint density at radius 2 is 1.86 bits per heavy atom. The topological polar surface area (TPSA) is 86.3 Å². The molecule has 0 spiro atoms. The number of hydrogen-bond donors (Lipinski definition) is 2. The fourth-order valence-electron chi connectivity index (χ4n) is 3.46. The van der Waals surface area contributed by atoms with E-state index in [9.17, 15) is 9.90 Å². The Bertz CT molecular complexity index is 922. The van der Waals surface area contributed by atoms with Crippen LogP contribution in [0.2, 0.25) is 5.02 Å². The van der Waals surface area contributed by atoms with Gasteiger partial charge in [0.25, 0.3) is 0 Å². The largest absolute Gasteiger partial charge is 0.466 e. The number of hydrogen-bond acceptors (Lipinski definition) is 7. The number of carbonyl (C=O) groups is 1. The highest BCUT2D eigenvalue weighted by Gasteiger charge is 2.25. The third-order valence-corrected chi connectivity index (χ3v) is 5.71. The number of nitrogens with one attached hydrogen (secondary N) is 1. The number of methoxy groups -OCH3 is 1. The molecule has 194 valence electrons. The third-order valence-electron chi connectivity index (χ3n) is 4.97. The number of aliphatic hydroxyl groups excluding tert-OH is 1. The molecule has 2 atom stereocenters. The lowest BCUT2D eigenvalue weighted by Crippen LogP contribution is -2.31. The van der Waals surface area contributed by atoms with Crippen molar-refractivity contribution in [2.75, 3.05) is 33.7 Å². The fourth-order valence-corrected chi connectivity index (χ4v) is 4.35. The first kappa shape index (κ1) is 29.5. The van der Waals surface area contributed by atoms with Crippen LogP contribution in [0, 0.1) is 0 Å². The molecule has 0 saturated heterocycles. The molecule has 2 aromatic carbocycles. The van der Waals surface area contributed by atoms with Gasteiger partial charge in [-0.25, -0.2) is 0 Å². The summed E-state index contributed by atoms with van der Waals surface area (Å²) in [6.07, 6.45) is 0.557. The van der Waals surface area contributed by atoms with Crippen LogP contribution in [0.5, 0.6) is 5.75 Å². The summed E-state index contributed by atoms with van der Waals surface area (Å²) in [5, 5.41) is 14.0. The molecule has 2 aromatic rings. The second-order valence-corrected chi connectivity index (χ2v) is 10.3. The van der Waals surface area contributed by atoms with E-state index in [1.807, 2.05) is 57.2 Å². The SMILES string of the molecule is COCCOCOc1c(Cl)cc(Br)cc1[C@H](CCC(=O)OC(C)(C)C)NC(CO)c1ccccc1. The zero-order valence-corrected chi connectivity index (χ0v) is 23.0. The summed E-state index contributed by atoms with van der Waals surface area (Å²) in [5.41, 5.74) is 1.08. The Kier molecular flexibility index (Phi) is 12.5. The molecule has 2 rings (SSSR count). The number of halogens is 2. The molecular formula is C26H35BrClNO6. The second kappa shape index (κ2) is 14.8. The van der Waals surface area contributed by atoms with Gasteiger partial charge in [-0.15, -0.1) is 0 Å². The Balaban J connectivity index is 2.34. The van der Waals surface area contributed by atoms with Crippen molar-refractivity contribution in [3.63, 3.8) is 0 Å². The number of carbonyl (C=O) groups excluding carboxylic acids is 1. The predicted octanol–water partition coefficient (Wildman–Crippen LogP) is 5.59. The van der Waals surface area contributed by atoms with Crippen LogP contribution in [0.1, 0.15) is 56.8 Å². The number of esters is 1. The van der Waals surface area contributed by atoms with Gasteiger partial charge in [-0.2, -0.15) is 0 Å². The van der Waals surface area contributed by atoms with Crippen LogP contribution in [0.25, 0.3) is 0 Å². The lowest BCUT2D eigenvalue weighted by Gasteiger charge is -2.28. The van der Waals surface area contributed by atoms with Gasteiger partial charge in [-0.05, 0) is 44.9 Å². The normalized spacial score (nSPS) is 13.3. The maximum atomic E-state index is 12.5. The van der Waals surface area contributed by atoms with Gasteiger partial charge in [0.2, 0.25) is 0 Å². The smallest absolute Gasteiger partial charge is 0.306 e. The van der Waals surface area contributed by atoms with Gasteiger partial charge in [-0.3, -0.25) is 4.79 Å². The molecule has 0 aliphatic carbocycles. The van der Waals surface area contributed by atoms with Gasteiger partial charge in [0.05, 0.1) is 30.9 Å². The quantitative estimate of drug-likeness (QED) is 0.173. The molecule has 0 heterocycles. The molecule has 35 heavy (non-hydrogen) atoms. The van der Waals surface area contributed by atoms with E-state index in [4.69, 9.17) is 30.5 Å². The Hall–Kier alpha value is -1.68. The van der Waals surface area contributed by atoms with Gasteiger partial charge in [-0.1, -0.05) is 57.9 Å². The van der Waals surface area contributed by atoms with Crippen molar-refractivity contribution in [3.8, 4) is 5.75 Å². The zero-order valence-electron chi connectivity index (χ0n) is 20.7. The summed E-state index contributed by atoms with van der Waals surface area (Å²) in [6.45, 7) is 6.18. The van der Waals surface area contributed by atoms with Gasteiger partial charge >= 0.3 is 5.97 Å². The van der Waals surface area contributed by atoms with Crippen LogP contribution in [0.3, 0.4) is 0 Å². The molecule has 0 aromatic heterocycles. The molecule has 0 aliphatic heterocycles. The van der Waals surface area contributed by atoms with Crippen molar-refractivity contribution >= 4 is 33.5 Å². The number of aliphatic hydroxyl groups is 1. The van der Waals surface area contributed by atoms with E-state index in [0.29, 0.717) is 30.4 Å². The summed E-state index contributed by atoms with van der Waals surface area (Å²) < 4.78 is 22.6. The molecule has 9 heteroatoms. The first-order valence-electron chi connectivity index (χ1n) is 11.5. The minimum Gasteiger partial charge on any atom is -0.466 e. The van der Waals surface area contributed by atoms with Crippen molar-refractivity contribution < 1.29 is 28.8 Å². The van der Waals surface area contributed by atoms with Gasteiger partial charge in [0.1, 0.15) is 11.4 Å². The average Bonchev–Trinajstić information content (AvgIpc) is 2.79. The van der Waals surface area contributed by atoms with Crippen LogP contribution in [-0.2, 0) is 19.0 Å². The van der Waals surface area contributed by atoms with E-state index in [1.54, 1.807) is 13.2 Å². The van der Waals surface area contributed by atoms with E-state index >= 15 is 0 Å². The summed E-state index contributed by atoms with van der Waals surface area (Å²) >= 11 is 10.1. The highest BCUT2D eigenvalue weighted by atomic mass is 79.9. The second-order valence-electron chi connectivity index (χ2n) is 8.96. The number of benzene rings is 2. The fraction of sp³-hybridized carbons (Fsp3) is 0.500. The highest BCUT2D eigenvalue weighted by molar-refractivity contribution is 9.10. The maximum Gasteiger partial charge on any atom is 0.306 e. The van der Waals surface area contributed by atoms with E-state index in [0.717, 1.165) is 15.6 Å². The lowest BCUT2D eigenvalue weighted by molar-refractivity contribution is -0.155. The third kappa shape index (κ3) is 10.5. The van der Waals surface area contributed by atoms with Crippen LogP contribution in [0.15, 0.2) is 46.9 Å². The summed E-state index contributed by atoms with van der Waals surface area (Å²) in [4.78, 5) is 12.5. The molecule has 0 radical (unpaired) electrons. The van der Waals surface area contributed by atoms with E-state index in [1.165, 1.54) is 0 Å². The van der Waals surface area contributed by atoms with Crippen LogP contribution in [-0.4, -0.2) is 50.4 Å². The van der Waals surface area contributed by atoms with Gasteiger partial charge in [0, 0.05) is 29.6 Å². The molecule has 7 nitrogen and oxygen atoms in total. The van der Waals surface area contributed by atoms with Crippen LogP contribution >= 0.6 is 27.5 Å². The van der Waals surface area contributed by atoms with Crippen molar-refractivity contribution in [1.82, 2.24) is 5.32 Å². The summed E-state index contributed by atoms with van der Waals surface area (Å²) in [5.74, 6) is 0.134. The van der Waals surface area contributed by atoms with Gasteiger partial charge in [0.15, 0.2) is 6.79 Å². The highest BCUT2D eigenvalue weighted by Crippen LogP contribution is 2.39. The Morgan fingerprint density at radius 1 is 1.14 bits per heavy atom. The predicted molar refractivity (Wildman–Crippen MR) is 140 cm³/mol. The molecule has 1 unspecified atom stereocenters. The summed E-state index contributed by atoms with van der Waals surface area (Å²) in [7, 11) is 1.60. The van der Waals surface area contributed by atoms with Crippen molar-refractivity contribution in [1.29, 1.82) is 0 Å². The van der Waals surface area contributed by atoms with E-state index in [2.05, 4.69) is 21.2 Å². The van der Waals surface area contributed by atoms with Crippen LogP contribution < -0.4 is 10.1 Å². The van der Waals surface area contributed by atoms with E-state index < -0.39 is 5.60 Å². The Labute approximate surface area is 221 Å². The number of ether oxygens (including phenoxy) is 4. The zero-order chi connectivity index (χ0) is 25.8. The minimum atomic E-state index is -0.579. The van der Waals surface area contributed by atoms with Crippen molar-refractivity contribution in [2.24, 2.45) is 0 Å². The minimum absolute atomic E-state index is 0.0153. The van der Waals surface area contributed by atoms with Gasteiger partial charge < -0.3 is 29.4 Å². The van der Waals surface area contributed by atoms with E-state index in [-0.39, 0.29) is 37.9 Å². The molecule has 0 saturated carbocycles. The molecule has 0 bridgehead atoms. The number of rotatable bonds is 14. The molecule has 0 fully saturated rings. The lowest BCUT2D eigenvalue weighted by atomic mass is 9.98. The molecule has 0 aliphatic rings. The molecular weight excluding hydrogens is 538 g/mol. The molecule has 0 amide bonds.